The molecule has 1 aromatic carbocycles. The standard InChI is InChI=1S/C17H15ClN2O5/c1-2-24-17(23)12-5-3-4-6-13(12)20-15(21)10-25-16(22)11-7-8-14(18)19-9-11/h3-9H,2,10H2,1H3,(H,20,21). The number of nitrogens with zero attached hydrogens (tertiary/aromatic N) is 1. The van der Waals surface area contributed by atoms with Crippen molar-refractivity contribution in [1.29, 1.82) is 0 Å². The second kappa shape index (κ2) is 8.79. The first-order valence-corrected chi connectivity index (χ1v) is 7.73. The van der Waals surface area contributed by atoms with E-state index in [1.54, 1.807) is 25.1 Å². The van der Waals surface area contributed by atoms with Gasteiger partial charge in [-0.15, -0.1) is 0 Å². The molecular weight excluding hydrogens is 348 g/mol. The van der Waals surface area contributed by atoms with Gasteiger partial charge in [-0.2, -0.15) is 0 Å². The zero-order valence-corrected chi connectivity index (χ0v) is 14.1. The van der Waals surface area contributed by atoms with Crippen molar-refractivity contribution in [2.75, 3.05) is 18.5 Å². The minimum atomic E-state index is -0.710. The average molecular weight is 363 g/mol. The number of hydrogen-bond acceptors (Lipinski definition) is 6. The molecule has 0 aliphatic heterocycles. The molecule has 130 valence electrons. The van der Waals surface area contributed by atoms with Gasteiger partial charge in [0.15, 0.2) is 6.61 Å². The van der Waals surface area contributed by atoms with E-state index >= 15 is 0 Å². The molecule has 1 aromatic heterocycles. The molecule has 0 aliphatic carbocycles. The van der Waals surface area contributed by atoms with Gasteiger partial charge in [0.25, 0.3) is 5.91 Å². The van der Waals surface area contributed by atoms with Crippen LogP contribution in [0, 0.1) is 0 Å². The van der Waals surface area contributed by atoms with Crippen LogP contribution >= 0.6 is 11.6 Å². The largest absolute Gasteiger partial charge is 0.462 e. The molecule has 0 bridgehead atoms. The Morgan fingerprint density at radius 2 is 1.84 bits per heavy atom. The summed E-state index contributed by atoms with van der Waals surface area (Å²) in [6.07, 6.45) is 1.25. The number of aromatic nitrogens is 1. The molecule has 1 N–H and O–H groups in total. The number of ether oxygens (including phenoxy) is 2. The summed E-state index contributed by atoms with van der Waals surface area (Å²) >= 11 is 5.63. The smallest absolute Gasteiger partial charge is 0.340 e. The minimum absolute atomic E-state index is 0.170. The summed E-state index contributed by atoms with van der Waals surface area (Å²) in [6.45, 7) is 1.39. The van der Waals surface area contributed by atoms with Crippen molar-refractivity contribution >= 4 is 35.1 Å². The van der Waals surface area contributed by atoms with Crippen LogP contribution in [0.5, 0.6) is 0 Å². The van der Waals surface area contributed by atoms with Crippen LogP contribution in [0.1, 0.15) is 27.6 Å². The molecule has 25 heavy (non-hydrogen) atoms. The monoisotopic (exact) mass is 362 g/mol. The predicted molar refractivity (Wildman–Crippen MR) is 90.6 cm³/mol. The Hall–Kier alpha value is -2.93. The summed E-state index contributed by atoms with van der Waals surface area (Å²) in [7, 11) is 0. The van der Waals surface area contributed by atoms with Crippen molar-refractivity contribution in [3.8, 4) is 0 Å². The van der Waals surface area contributed by atoms with Gasteiger partial charge in [-0.3, -0.25) is 4.79 Å². The van der Waals surface area contributed by atoms with Crippen LogP contribution in [0.3, 0.4) is 0 Å². The zero-order chi connectivity index (χ0) is 18.2. The van der Waals surface area contributed by atoms with E-state index in [4.69, 9.17) is 21.1 Å². The minimum Gasteiger partial charge on any atom is -0.462 e. The Morgan fingerprint density at radius 1 is 1.08 bits per heavy atom. The molecule has 0 radical (unpaired) electrons. The van der Waals surface area contributed by atoms with Gasteiger partial charge >= 0.3 is 11.9 Å². The van der Waals surface area contributed by atoms with E-state index < -0.39 is 24.5 Å². The molecule has 0 saturated heterocycles. The molecule has 8 heteroatoms. The summed E-state index contributed by atoms with van der Waals surface area (Å²) < 4.78 is 9.82. The first kappa shape index (κ1) is 18.4. The van der Waals surface area contributed by atoms with Gasteiger partial charge in [-0.1, -0.05) is 23.7 Å². The Kier molecular flexibility index (Phi) is 6.47. The fourth-order valence-electron chi connectivity index (χ4n) is 1.88. The lowest BCUT2D eigenvalue weighted by molar-refractivity contribution is -0.119. The Bertz CT molecular complexity index is 777. The number of hydrogen-bond donors (Lipinski definition) is 1. The van der Waals surface area contributed by atoms with E-state index in [1.807, 2.05) is 0 Å². The highest BCUT2D eigenvalue weighted by atomic mass is 35.5. The van der Waals surface area contributed by atoms with Crippen LogP contribution in [0.4, 0.5) is 5.69 Å². The summed E-state index contributed by atoms with van der Waals surface area (Å²) in [4.78, 5) is 39.4. The lowest BCUT2D eigenvalue weighted by atomic mass is 10.2. The first-order valence-electron chi connectivity index (χ1n) is 7.36. The third-order valence-electron chi connectivity index (χ3n) is 2.99. The molecular formula is C17H15ClN2O5. The number of nitrogens with one attached hydrogen (secondary N) is 1. The third kappa shape index (κ3) is 5.29. The van der Waals surface area contributed by atoms with Crippen molar-refractivity contribution < 1.29 is 23.9 Å². The fraction of sp³-hybridized carbons (Fsp3) is 0.176. The van der Waals surface area contributed by atoms with E-state index in [9.17, 15) is 14.4 Å². The van der Waals surface area contributed by atoms with E-state index in [0.717, 1.165) is 0 Å². The van der Waals surface area contributed by atoms with E-state index in [0.29, 0.717) is 0 Å². The summed E-state index contributed by atoms with van der Waals surface area (Å²) in [5, 5.41) is 2.75. The third-order valence-corrected chi connectivity index (χ3v) is 3.22. The number of halogens is 1. The topological polar surface area (TPSA) is 94.6 Å². The molecule has 1 heterocycles. The van der Waals surface area contributed by atoms with Gasteiger partial charge in [-0.25, -0.2) is 14.6 Å². The van der Waals surface area contributed by atoms with Gasteiger partial charge in [0.05, 0.1) is 23.4 Å². The number of carbonyl (C=O) groups excluding carboxylic acids is 3. The fourth-order valence-corrected chi connectivity index (χ4v) is 1.99. The Morgan fingerprint density at radius 3 is 2.52 bits per heavy atom. The number of benzene rings is 1. The molecule has 2 rings (SSSR count). The number of pyridine rings is 1. The van der Waals surface area contributed by atoms with E-state index in [1.165, 1.54) is 24.4 Å². The molecule has 2 aromatic rings. The van der Waals surface area contributed by atoms with Crippen LogP contribution in [0.2, 0.25) is 5.15 Å². The Balaban J connectivity index is 1.95. The summed E-state index contributed by atoms with van der Waals surface area (Å²) in [5.41, 5.74) is 0.658. The van der Waals surface area contributed by atoms with Gasteiger partial charge in [-0.05, 0) is 31.2 Å². The van der Waals surface area contributed by atoms with E-state index in [-0.39, 0.29) is 28.6 Å². The van der Waals surface area contributed by atoms with Gasteiger partial charge < -0.3 is 14.8 Å². The van der Waals surface area contributed by atoms with Gasteiger partial charge in [0.1, 0.15) is 5.15 Å². The normalized spacial score (nSPS) is 10.0. The number of carbonyl (C=O) groups is 3. The van der Waals surface area contributed by atoms with Crippen LogP contribution in [-0.4, -0.2) is 36.0 Å². The molecule has 7 nitrogen and oxygen atoms in total. The van der Waals surface area contributed by atoms with Crippen molar-refractivity contribution in [3.05, 3.63) is 58.9 Å². The zero-order valence-electron chi connectivity index (χ0n) is 13.3. The van der Waals surface area contributed by atoms with Crippen molar-refractivity contribution in [1.82, 2.24) is 4.98 Å². The molecule has 0 fully saturated rings. The highest BCUT2D eigenvalue weighted by Gasteiger charge is 2.15. The number of esters is 2. The van der Waals surface area contributed by atoms with Crippen LogP contribution in [0.15, 0.2) is 42.6 Å². The summed E-state index contributed by atoms with van der Waals surface area (Å²) in [5.74, 6) is -1.85. The number of rotatable bonds is 6. The lowest BCUT2D eigenvalue weighted by Gasteiger charge is -2.10. The van der Waals surface area contributed by atoms with Gasteiger partial charge in [0.2, 0.25) is 0 Å². The highest BCUT2D eigenvalue weighted by Crippen LogP contribution is 2.16. The average Bonchev–Trinajstić information content (AvgIpc) is 2.61. The molecule has 0 aliphatic rings. The SMILES string of the molecule is CCOC(=O)c1ccccc1NC(=O)COC(=O)c1ccc(Cl)nc1. The molecule has 0 unspecified atom stereocenters. The molecule has 0 saturated carbocycles. The van der Waals surface area contributed by atoms with Crippen molar-refractivity contribution in [3.63, 3.8) is 0 Å². The van der Waals surface area contributed by atoms with Gasteiger partial charge in [0, 0.05) is 6.20 Å². The molecule has 1 amide bonds. The predicted octanol–water partition coefficient (Wildman–Crippen LogP) is 2.71. The number of para-hydroxylation sites is 1. The molecule has 0 spiro atoms. The maximum absolute atomic E-state index is 12.0. The van der Waals surface area contributed by atoms with Crippen molar-refractivity contribution in [2.24, 2.45) is 0 Å². The maximum atomic E-state index is 12.0. The Labute approximate surface area is 148 Å². The van der Waals surface area contributed by atoms with Crippen LogP contribution in [-0.2, 0) is 14.3 Å². The quantitative estimate of drug-likeness (QED) is 0.627. The van der Waals surface area contributed by atoms with E-state index in [2.05, 4.69) is 10.3 Å². The van der Waals surface area contributed by atoms with Crippen LogP contribution < -0.4 is 5.32 Å². The number of amides is 1. The maximum Gasteiger partial charge on any atom is 0.340 e. The summed E-state index contributed by atoms with van der Waals surface area (Å²) in [6, 6.07) is 9.26. The number of anilines is 1. The lowest BCUT2D eigenvalue weighted by Crippen LogP contribution is -2.22. The first-order chi connectivity index (χ1) is 12.0. The van der Waals surface area contributed by atoms with Crippen molar-refractivity contribution in [2.45, 2.75) is 6.92 Å². The van der Waals surface area contributed by atoms with Crippen LogP contribution in [0.25, 0.3) is 0 Å². The molecule has 0 atom stereocenters. The second-order valence-electron chi connectivity index (χ2n) is 4.76. The highest BCUT2D eigenvalue weighted by molar-refractivity contribution is 6.29. The second-order valence-corrected chi connectivity index (χ2v) is 5.15.